The largest absolute Gasteiger partial charge is 0.495 e. The Kier molecular flexibility index (Phi) is 21.2. The summed E-state index contributed by atoms with van der Waals surface area (Å²) in [5, 5.41) is 16.9. The summed E-state index contributed by atoms with van der Waals surface area (Å²) in [6.07, 6.45) is -3.42. The number of carbonyl (C=O) groups excluding carboxylic acids is 1. The maximum atomic E-state index is 14.9. The van der Waals surface area contributed by atoms with E-state index >= 15 is 0 Å². The number of aryl methyl sites for hydroxylation is 2. The van der Waals surface area contributed by atoms with Crippen LogP contribution >= 0.6 is 0 Å². The molecule has 0 bridgehead atoms. The number of nitrogens with zero attached hydrogens (tertiary/aromatic N) is 5. The number of halogens is 4. The highest BCUT2D eigenvalue weighted by molar-refractivity contribution is 7.89. The Labute approximate surface area is 457 Å². The van der Waals surface area contributed by atoms with Crippen LogP contribution < -0.4 is 35.5 Å². The van der Waals surface area contributed by atoms with E-state index < -0.39 is 35.0 Å². The van der Waals surface area contributed by atoms with Crippen molar-refractivity contribution in [2.24, 2.45) is 0 Å². The molecule has 0 radical (unpaired) electrons. The number of piperidine rings is 1. The van der Waals surface area contributed by atoms with Gasteiger partial charge in [0.15, 0.2) is 6.61 Å². The van der Waals surface area contributed by atoms with Crippen LogP contribution in [0.4, 0.5) is 34.6 Å². The van der Waals surface area contributed by atoms with Crippen molar-refractivity contribution in [1.82, 2.24) is 29.2 Å². The Hall–Kier alpha value is -7.14. The summed E-state index contributed by atoms with van der Waals surface area (Å²) in [5.41, 5.74) is 5.47. The third-order valence-corrected chi connectivity index (χ3v) is 14.7. The number of fused-ring (bicyclic) bond motifs is 1. The molecule has 6 aromatic rings. The van der Waals surface area contributed by atoms with Crippen molar-refractivity contribution < 1.29 is 63.7 Å². The number of likely N-dealkylation sites (N-methyl/N-ethyl adjacent to an activating group) is 1. The van der Waals surface area contributed by atoms with Gasteiger partial charge in [0, 0.05) is 74.2 Å². The van der Waals surface area contributed by atoms with Crippen molar-refractivity contribution in [3.63, 3.8) is 0 Å². The van der Waals surface area contributed by atoms with Gasteiger partial charge in [-0.25, -0.2) is 17.8 Å². The number of nitrogens with one attached hydrogen (secondary N) is 4. The summed E-state index contributed by atoms with van der Waals surface area (Å²) in [5.74, 6) is 7.29. The van der Waals surface area contributed by atoms with E-state index in [4.69, 9.17) is 32.9 Å². The first kappa shape index (κ1) is 59.5. The zero-order valence-electron chi connectivity index (χ0n) is 45.0. The lowest BCUT2D eigenvalue weighted by Crippen LogP contribution is -2.46. The van der Waals surface area contributed by atoms with Gasteiger partial charge in [0.25, 0.3) is 5.91 Å². The number of alkyl halides is 4. The molecule has 7 rings (SSSR count). The van der Waals surface area contributed by atoms with Crippen LogP contribution in [0.2, 0.25) is 0 Å². The lowest BCUT2D eigenvalue weighted by atomic mass is 10.0. The van der Waals surface area contributed by atoms with Crippen molar-refractivity contribution in [3.05, 3.63) is 102 Å². The highest BCUT2D eigenvalue weighted by Crippen LogP contribution is 2.34. The van der Waals surface area contributed by atoms with Crippen LogP contribution in [0.5, 0.6) is 17.4 Å². The van der Waals surface area contributed by atoms with Crippen molar-refractivity contribution in [1.29, 1.82) is 0 Å². The predicted molar refractivity (Wildman–Crippen MR) is 291 cm³/mol. The number of rotatable bonds is 28. The molecule has 2 atom stereocenters. The van der Waals surface area contributed by atoms with Crippen molar-refractivity contribution in [3.8, 4) is 40.3 Å². The molecule has 4 heterocycles. The number of anilines is 3. The fourth-order valence-electron chi connectivity index (χ4n) is 8.75. The lowest BCUT2D eigenvalue weighted by molar-refractivity contribution is -0.140. The monoisotopic (exact) mass is 1120 g/mol. The van der Waals surface area contributed by atoms with Crippen LogP contribution in [0, 0.1) is 25.7 Å². The minimum Gasteiger partial charge on any atom is -0.495 e. The number of hydrogen-bond donors (Lipinski definition) is 4. The first-order valence-corrected chi connectivity index (χ1v) is 27.0. The maximum absolute atomic E-state index is 14.9. The van der Waals surface area contributed by atoms with Gasteiger partial charge in [-0.3, -0.25) is 4.79 Å². The van der Waals surface area contributed by atoms with Gasteiger partial charge in [-0.05, 0) is 87.3 Å². The second-order valence-corrected chi connectivity index (χ2v) is 20.6. The molecule has 0 saturated carbocycles. The summed E-state index contributed by atoms with van der Waals surface area (Å²) in [4.78, 5) is 18.8. The molecule has 3 aromatic carbocycles. The lowest BCUT2D eigenvalue weighted by Gasteiger charge is -2.33. The topological polar surface area (TPSA) is 205 Å². The molecule has 0 spiro atoms. The molecule has 19 nitrogen and oxygen atoms in total. The molecule has 1 saturated heterocycles. The van der Waals surface area contributed by atoms with Crippen LogP contribution in [-0.2, 0) is 42.1 Å². The highest BCUT2D eigenvalue weighted by Gasteiger charge is 2.31. The van der Waals surface area contributed by atoms with Crippen molar-refractivity contribution >= 4 is 43.9 Å². The van der Waals surface area contributed by atoms with Crippen LogP contribution in [0.25, 0.3) is 22.0 Å². The Morgan fingerprint density at radius 2 is 1.67 bits per heavy atom. The van der Waals surface area contributed by atoms with Crippen molar-refractivity contribution in [2.75, 3.05) is 123 Å². The van der Waals surface area contributed by atoms with Crippen LogP contribution in [-0.4, -0.2) is 164 Å². The average molecular weight is 1120 g/mol. The molecule has 1 amide bonds. The highest BCUT2D eigenvalue weighted by atomic mass is 32.2. The molecule has 1 fully saturated rings. The average Bonchev–Trinajstić information content (AvgIpc) is 3.96. The number of benzene rings is 3. The predicted octanol–water partition coefficient (Wildman–Crippen LogP) is 7.28. The molecule has 0 aliphatic carbocycles. The number of aromatic nitrogens is 3. The second kappa shape index (κ2) is 28.1. The van der Waals surface area contributed by atoms with E-state index in [0.29, 0.717) is 64.9 Å². The molecular weight excluding hydrogens is 1050 g/mol. The van der Waals surface area contributed by atoms with E-state index in [9.17, 15) is 30.8 Å². The molecular formula is C55H67F4N9O10S. The molecule has 0 unspecified atom stereocenters. The molecule has 1 aliphatic heterocycles. The summed E-state index contributed by atoms with van der Waals surface area (Å²) in [6, 6.07) is 19.6. The van der Waals surface area contributed by atoms with E-state index in [1.807, 2.05) is 50.1 Å². The molecule has 3 aromatic heterocycles. The Balaban J connectivity index is 0.761. The molecule has 426 valence electrons. The van der Waals surface area contributed by atoms with E-state index in [0.717, 1.165) is 31.3 Å². The molecule has 79 heavy (non-hydrogen) atoms. The van der Waals surface area contributed by atoms with Crippen LogP contribution in [0.3, 0.4) is 0 Å². The number of likely N-dealkylation sites (tertiary alicyclic amines) is 1. The Morgan fingerprint density at radius 3 is 2.39 bits per heavy atom. The number of pyridine rings is 1. The van der Waals surface area contributed by atoms with Gasteiger partial charge in [-0.1, -0.05) is 29.3 Å². The number of methoxy groups -OCH3 is 2. The van der Waals surface area contributed by atoms with Gasteiger partial charge in [-0.15, -0.1) is 0 Å². The van der Waals surface area contributed by atoms with E-state index in [2.05, 4.69) is 43.2 Å². The molecule has 4 N–H and O–H groups in total. The summed E-state index contributed by atoms with van der Waals surface area (Å²) in [6.45, 7) is 5.36. The number of amides is 1. The number of carbonyl (C=O) groups is 1. The fourth-order valence-corrected chi connectivity index (χ4v) is 9.92. The smallest absolute Gasteiger partial charge is 0.406 e. The standard InChI is InChI=1S/C55H67F4N9O10S/c1-37-53(38(2)78-65-37)40-29-49(54(73-6)63-33-40)62-32-39-10-7-12-42(28-39)77-35-52(69)61-19-22-74-24-26-76-27-25-75-23-21-67(4)79(70,71)43-15-16-48(51(31-43)72-5)60-18-9-11-41-30-44-46(64-47-17-20-66(3)34-45(47)56)13-8-14-50(44)68(41)36-55(57,58)59/h7-8,10,12-16,28-31,33,45,47,60,62,64H,17-27,32,34-36H2,1-6H3,(H,61,69)/t45-,47+/m0/s1. The first-order chi connectivity index (χ1) is 37.9. The minimum absolute atomic E-state index is 0.0109. The number of sulfonamides is 1. The van der Waals surface area contributed by atoms with E-state index in [1.165, 1.54) is 32.4 Å². The van der Waals surface area contributed by atoms with Gasteiger partial charge >= 0.3 is 6.18 Å². The molecule has 1 aliphatic rings. The summed E-state index contributed by atoms with van der Waals surface area (Å²) < 4.78 is 124. The number of hydrogen-bond acceptors (Lipinski definition) is 16. The van der Waals surface area contributed by atoms with Gasteiger partial charge < -0.3 is 63.7 Å². The third kappa shape index (κ3) is 16.7. The first-order valence-electron chi connectivity index (χ1n) is 25.5. The minimum atomic E-state index is -4.53. The van der Waals surface area contributed by atoms with Gasteiger partial charge in [0.2, 0.25) is 15.9 Å². The Bertz CT molecular complexity index is 3150. The van der Waals surface area contributed by atoms with E-state index in [-0.39, 0.29) is 94.7 Å². The number of ether oxygens (including phenoxy) is 6. The molecule has 24 heteroatoms. The third-order valence-electron chi connectivity index (χ3n) is 12.8. The fraction of sp³-hybridized carbons (Fsp3) is 0.436. The van der Waals surface area contributed by atoms with Crippen LogP contribution in [0.1, 0.15) is 29.1 Å². The van der Waals surface area contributed by atoms with Gasteiger partial charge in [0.1, 0.15) is 30.0 Å². The zero-order chi connectivity index (χ0) is 56.5. The van der Waals surface area contributed by atoms with Gasteiger partial charge in [0.05, 0.1) is 99.6 Å². The Morgan fingerprint density at radius 1 is 0.911 bits per heavy atom. The van der Waals surface area contributed by atoms with Crippen molar-refractivity contribution in [2.45, 2.75) is 56.6 Å². The second-order valence-electron chi connectivity index (χ2n) is 18.6. The van der Waals surface area contributed by atoms with Crippen LogP contribution in [0.15, 0.2) is 88.4 Å². The summed E-state index contributed by atoms with van der Waals surface area (Å²) in [7, 11) is 2.26. The SMILES string of the molecule is COc1cc(S(=O)(=O)N(C)CCOCCOCCOCCNC(=O)COc2cccc(CNc3cc(-c4c(C)noc4C)cnc3OC)c2)ccc1NCC#Cc1cc2c(N[C@@H]3CCN(C)C[C@@H]3F)cccc2n1CC(F)(F)F. The van der Waals surface area contributed by atoms with Gasteiger partial charge in [-0.2, -0.15) is 17.5 Å². The zero-order valence-corrected chi connectivity index (χ0v) is 45.8. The van der Waals surface area contributed by atoms with E-state index in [1.54, 1.807) is 43.6 Å². The quantitative estimate of drug-likeness (QED) is 0.0216. The maximum Gasteiger partial charge on any atom is 0.406 e. The summed E-state index contributed by atoms with van der Waals surface area (Å²) >= 11 is 0. The normalized spacial score (nSPS) is 14.9.